The fraction of sp³-hybridized carbons (Fsp3) is 0.500. The SMILES string of the molecule is CC(C)(O)COc1cc(-c2ccc(N3CC4CC(C3)C4NC(=O)OC(C)(C)C)nc2)c2c(C#N)cnn2c1. The Bertz CT molecular complexity index is 1370. The van der Waals surface area contributed by atoms with E-state index < -0.39 is 11.2 Å². The second-order valence-corrected chi connectivity index (χ2v) is 11.9. The second-order valence-electron chi connectivity index (χ2n) is 11.9. The molecule has 0 radical (unpaired) electrons. The van der Waals surface area contributed by atoms with Gasteiger partial charge in [-0.2, -0.15) is 10.4 Å². The molecule has 1 saturated carbocycles. The third kappa shape index (κ3) is 5.38. The molecular weight excluding hydrogens is 484 g/mol. The van der Waals surface area contributed by atoms with Crippen LogP contribution >= 0.6 is 0 Å². The minimum absolute atomic E-state index is 0.114. The van der Waals surface area contributed by atoms with Crippen molar-refractivity contribution < 1.29 is 19.4 Å². The lowest BCUT2D eigenvalue weighted by Gasteiger charge is -2.53. The minimum Gasteiger partial charge on any atom is -0.489 e. The van der Waals surface area contributed by atoms with Gasteiger partial charge in [-0.1, -0.05) is 0 Å². The summed E-state index contributed by atoms with van der Waals surface area (Å²) in [7, 11) is 0. The molecule has 2 N–H and O–H groups in total. The number of carbonyl (C=O) groups is 1. The number of pyridine rings is 2. The fourth-order valence-corrected chi connectivity index (χ4v) is 5.22. The Morgan fingerprint density at radius 1 is 1.21 bits per heavy atom. The molecule has 10 heteroatoms. The quantitative estimate of drug-likeness (QED) is 0.505. The molecule has 6 rings (SSSR count). The number of rotatable bonds is 6. The van der Waals surface area contributed by atoms with Gasteiger partial charge in [-0.15, -0.1) is 0 Å². The highest BCUT2D eigenvalue weighted by molar-refractivity contribution is 5.85. The zero-order chi connectivity index (χ0) is 27.2. The normalized spacial score (nSPS) is 21.0. The molecule has 5 heterocycles. The summed E-state index contributed by atoms with van der Waals surface area (Å²) in [5, 5.41) is 27.1. The molecule has 2 atom stereocenters. The van der Waals surface area contributed by atoms with E-state index in [2.05, 4.69) is 21.4 Å². The summed E-state index contributed by atoms with van der Waals surface area (Å²) < 4.78 is 12.9. The van der Waals surface area contributed by atoms with Crippen LogP contribution in [0.2, 0.25) is 0 Å². The Morgan fingerprint density at radius 3 is 2.55 bits per heavy atom. The molecule has 3 aliphatic rings. The number of aromatic nitrogens is 3. The lowest BCUT2D eigenvalue weighted by molar-refractivity contribution is 0.0278. The summed E-state index contributed by atoms with van der Waals surface area (Å²) in [5.74, 6) is 2.12. The Balaban J connectivity index is 1.33. The lowest BCUT2D eigenvalue weighted by Crippen LogP contribution is -2.65. The number of hydrogen-bond acceptors (Lipinski definition) is 8. The van der Waals surface area contributed by atoms with Crippen LogP contribution in [0, 0.1) is 23.2 Å². The number of carbonyl (C=O) groups excluding carboxylic acids is 1. The maximum absolute atomic E-state index is 12.2. The average molecular weight is 519 g/mol. The molecule has 3 aromatic heterocycles. The highest BCUT2D eigenvalue weighted by Gasteiger charge is 2.48. The van der Waals surface area contributed by atoms with Crippen LogP contribution in [0.5, 0.6) is 5.75 Å². The van der Waals surface area contributed by atoms with Crippen molar-refractivity contribution in [3.05, 3.63) is 42.4 Å². The average Bonchev–Trinajstić information content (AvgIpc) is 3.27. The number of piperidine rings is 2. The first-order chi connectivity index (χ1) is 17.9. The van der Waals surface area contributed by atoms with Crippen LogP contribution in [0.1, 0.15) is 46.6 Å². The number of nitrogens with one attached hydrogen (secondary N) is 1. The largest absolute Gasteiger partial charge is 0.489 e. The van der Waals surface area contributed by atoms with Crippen molar-refractivity contribution in [3.8, 4) is 22.9 Å². The maximum Gasteiger partial charge on any atom is 0.407 e. The van der Waals surface area contributed by atoms with Gasteiger partial charge in [0.05, 0.1) is 29.1 Å². The number of anilines is 1. The van der Waals surface area contributed by atoms with E-state index in [-0.39, 0.29) is 18.7 Å². The monoisotopic (exact) mass is 518 g/mol. The van der Waals surface area contributed by atoms with Crippen molar-refractivity contribution in [1.29, 1.82) is 5.26 Å². The number of alkyl carbamates (subject to hydrolysis) is 1. The van der Waals surface area contributed by atoms with E-state index in [0.717, 1.165) is 36.5 Å². The van der Waals surface area contributed by atoms with Crippen molar-refractivity contribution >= 4 is 17.4 Å². The molecule has 200 valence electrons. The molecule has 3 fully saturated rings. The molecule has 0 aromatic carbocycles. The van der Waals surface area contributed by atoms with Crippen molar-refractivity contribution in [3.63, 3.8) is 0 Å². The standard InChI is InChI=1S/C28H34N6O4/c1-27(2,3)38-26(35)32-24-18-8-19(24)14-33(13-18)23-7-6-17(11-30-23)22-9-21(37-16-28(4,5)36)15-34-25(22)20(10-29)12-31-34/h6-7,9,11-12,15,18-19,24,36H,8,13-14,16H2,1-5H3,(H,32,35). The van der Waals surface area contributed by atoms with Gasteiger partial charge in [0.15, 0.2) is 0 Å². The maximum atomic E-state index is 12.2. The molecule has 1 amide bonds. The van der Waals surface area contributed by atoms with Gasteiger partial charge < -0.3 is 24.8 Å². The molecule has 2 saturated heterocycles. The molecule has 38 heavy (non-hydrogen) atoms. The Hall–Kier alpha value is -3.84. The summed E-state index contributed by atoms with van der Waals surface area (Å²) in [6, 6.07) is 8.16. The minimum atomic E-state index is -0.989. The van der Waals surface area contributed by atoms with Crippen molar-refractivity contribution in [2.45, 2.75) is 58.3 Å². The predicted molar refractivity (Wildman–Crippen MR) is 142 cm³/mol. The van der Waals surface area contributed by atoms with Gasteiger partial charge >= 0.3 is 6.09 Å². The van der Waals surface area contributed by atoms with Gasteiger partial charge in [-0.05, 0) is 71.1 Å². The second kappa shape index (κ2) is 9.48. The van der Waals surface area contributed by atoms with Gasteiger partial charge in [0.2, 0.25) is 0 Å². The third-order valence-corrected chi connectivity index (χ3v) is 6.90. The molecule has 3 aromatic rings. The fourth-order valence-electron chi connectivity index (χ4n) is 5.22. The first-order valence-corrected chi connectivity index (χ1v) is 12.9. The van der Waals surface area contributed by atoms with Crippen LogP contribution in [0.3, 0.4) is 0 Å². The number of aliphatic hydroxyl groups is 1. The number of ether oxygens (including phenoxy) is 2. The number of amides is 1. The Kier molecular flexibility index (Phi) is 6.43. The Morgan fingerprint density at radius 2 is 1.95 bits per heavy atom. The zero-order valence-corrected chi connectivity index (χ0v) is 22.4. The van der Waals surface area contributed by atoms with E-state index in [1.165, 1.54) is 6.20 Å². The van der Waals surface area contributed by atoms with Gasteiger partial charge in [0.1, 0.15) is 29.8 Å². The predicted octanol–water partition coefficient (Wildman–Crippen LogP) is 3.77. The molecular formula is C28H34N6O4. The number of fused-ring (bicyclic) bond motifs is 3. The summed E-state index contributed by atoms with van der Waals surface area (Å²) in [5.41, 5.74) is 1.23. The van der Waals surface area contributed by atoms with E-state index in [1.54, 1.807) is 30.8 Å². The van der Waals surface area contributed by atoms with Gasteiger partial charge in [0.25, 0.3) is 0 Å². The van der Waals surface area contributed by atoms with E-state index >= 15 is 0 Å². The summed E-state index contributed by atoms with van der Waals surface area (Å²) >= 11 is 0. The lowest BCUT2D eigenvalue weighted by atomic mass is 9.66. The smallest absolute Gasteiger partial charge is 0.407 e. The van der Waals surface area contributed by atoms with Crippen LogP contribution in [-0.4, -0.2) is 62.7 Å². The van der Waals surface area contributed by atoms with E-state index in [0.29, 0.717) is 28.7 Å². The highest BCUT2D eigenvalue weighted by atomic mass is 16.6. The van der Waals surface area contributed by atoms with Gasteiger partial charge in [0, 0.05) is 36.5 Å². The summed E-state index contributed by atoms with van der Waals surface area (Å²) in [6.07, 6.45) is 5.76. The van der Waals surface area contributed by atoms with E-state index in [9.17, 15) is 15.2 Å². The first kappa shape index (κ1) is 25.8. The van der Waals surface area contributed by atoms with Crippen molar-refractivity contribution in [1.82, 2.24) is 19.9 Å². The number of nitriles is 1. The highest BCUT2D eigenvalue weighted by Crippen LogP contribution is 2.41. The molecule has 10 nitrogen and oxygen atoms in total. The van der Waals surface area contributed by atoms with Crippen LogP contribution in [-0.2, 0) is 4.74 Å². The first-order valence-electron chi connectivity index (χ1n) is 12.9. The molecule has 1 aliphatic carbocycles. The van der Waals surface area contributed by atoms with Crippen molar-refractivity contribution in [2.75, 3.05) is 24.6 Å². The summed E-state index contributed by atoms with van der Waals surface area (Å²) in [4.78, 5) is 19.3. The van der Waals surface area contributed by atoms with Crippen LogP contribution in [0.25, 0.3) is 16.6 Å². The Labute approximate surface area is 222 Å². The third-order valence-electron chi connectivity index (χ3n) is 6.90. The molecule has 2 aliphatic heterocycles. The topological polar surface area (TPSA) is 125 Å². The number of hydrogen-bond donors (Lipinski definition) is 2. The van der Waals surface area contributed by atoms with Crippen LogP contribution in [0.4, 0.5) is 10.6 Å². The summed E-state index contributed by atoms with van der Waals surface area (Å²) in [6.45, 7) is 10.7. The zero-order valence-electron chi connectivity index (χ0n) is 22.4. The van der Waals surface area contributed by atoms with Gasteiger partial charge in [-0.25, -0.2) is 14.3 Å². The van der Waals surface area contributed by atoms with E-state index in [4.69, 9.17) is 14.5 Å². The van der Waals surface area contributed by atoms with Gasteiger partial charge in [-0.3, -0.25) is 0 Å². The van der Waals surface area contributed by atoms with Crippen molar-refractivity contribution in [2.24, 2.45) is 11.8 Å². The van der Waals surface area contributed by atoms with Crippen LogP contribution in [0.15, 0.2) is 36.8 Å². The van der Waals surface area contributed by atoms with E-state index in [1.807, 2.05) is 39.0 Å². The molecule has 2 bridgehead atoms. The van der Waals surface area contributed by atoms with Crippen LogP contribution < -0.4 is 15.0 Å². The molecule has 0 spiro atoms. The molecule has 2 unspecified atom stereocenters. The number of nitrogens with zero attached hydrogens (tertiary/aromatic N) is 5.